The maximum atomic E-state index is 6.06. The van der Waals surface area contributed by atoms with E-state index in [1.165, 1.54) is 50.9 Å². The third kappa shape index (κ3) is 3.55. The first-order valence-corrected chi connectivity index (χ1v) is 8.26. The molecule has 20 heavy (non-hydrogen) atoms. The average Bonchev–Trinajstić information content (AvgIpc) is 2.39. The van der Waals surface area contributed by atoms with Crippen molar-refractivity contribution < 1.29 is 0 Å². The smallest absolute Gasteiger partial charge is 0.0408 e. The third-order valence-corrected chi connectivity index (χ3v) is 5.23. The molecule has 0 unspecified atom stereocenters. The Morgan fingerprint density at radius 1 is 1.25 bits per heavy atom. The van der Waals surface area contributed by atoms with Gasteiger partial charge in [-0.1, -0.05) is 23.7 Å². The van der Waals surface area contributed by atoms with Gasteiger partial charge in [0.15, 0.2) is 0 Å². The molecule has 0 atom stereocenters. The molecule has 1 aliphatic heterocycles. The Labute approximate surface area is 127 Å². The Balaban J connectivity index is 1.38. The van der Waals surface area contributed by atoms with Crippen molar-refractivity contribution in [2.45, 2.75) is 37.6 Å². The quantitative estimate of drug-likeness (QED) is 0.913. The van der Waals surface area contributed by atoms with Crippen molar-refractivity contribution in [1.29, 1.82) is 0 Å². The second-order valence-corrected chi connectivity index (χ2v) is 7.01. The van der Waals surface area contributed by atoms with Gasteiger partial charge in [-0.15, -0.1) is 0 Å². The van der Waals surface area contributed by atoms with Crippen molar-refractivity contribution in [3.05, 3.63) is 34.9 Å². The zero-order valence-corrected chi connectivity index (χ0v) is 13.1. The van der Waals surface area contributed by atoms with Gasteiger partial charge in [0, 0.05) is 11.1 Å². The minimum Gasteiger partial charge on any atom is -0.314 e. The third-order valence-electron chi connectivity index (χ3n) is 4.99. The number of hydrogen-bond acceptors (Lipinski definition) is 2. The van der Waals surface area contributed by atoms with Crippen LogP contribution >= 0.6 is 11.6 Å². The van der Waals surface area contributed by atoms with Crippen molar-refractivity contribution >= 4 is 11.6 Å². The van der Waals surface area contributed by atoms with Crippen molar-refractivity contribution in [2.75, 3.05) is 26.7 Å². The molecule has 0 spiro atoms. The Kier molecular flexibility index (Phi) is 4.65. The Bertz CT molecular complexity index is 434. The van der Waals surface area contributed by atoms with Gasteiger partial charge in [0.05, 0.1) is 0 Å². The van der Waals surface area contributed by atoms with Crippen LogP contribution in [0.15, 0.2) is 24.3 Å². The van der Waals surface area contributed by atoms with E-state index in [2.05, 4.69) is 35.5 Å². The number of halogens is 1. The summed E-state index contributed by atoms with van der Waals surface area (Å²) in [6.07, 6.45) is 5.25. The zero-order chi connectivity index (χ0) is 13.9. The van der Waals surface area contributed by atoms with Gasteiger partial charge in [0.2, 0.25) is 0 Å². The van der Waals surface area contributed by atoms with E-state index >= 15 is 0 Å². The SMILES string of the molecule is CN1CCC(CNC2CC(c3cccc(Cl)c3)C2)CC1. The molecule has 1 aromatic rings. The lowest BCUT2D eigenvalue weighted by Crippen LogP contribution is -2.44. The minimum absolute atomic E-state index is 0.712. The molecule has 1 N–H and O–H groups in total. The van der Waals surface area contributed by atoms with E-state index in [0.29, 0.717) is 5.92 Å². The van der Waals surface area contributed by atoms with Gasteiger partial charge in [-0.3, -0.25) is 0 Å². The van der Waals surface area contributed by atoms with Gasteiger partial charge in [-0.05, 0) is 81.9 Å². The largest absolute Gasteiger partial charge is 0.314 e. The van der Waals surface area contributed by atoms with Crippen LogP contribution in [0.4, 0.5) is 0 Å². The fraction of sp³-hybridized carbons (Fsp3) is 0.647. The maximum Gasteiger partial charge on any atom is 0.0408 e. The molecular formula is C17H25ClN2. The average molecular weight is 293 g/mol. The Morgan fingerprint density at radius 2 is 2.00 bits per heavy atom. The molecule has 0 amide bonds. The molecule has 2 fully saturated rings. The van der Waals surface area contributed by atoms with Gasteiger partial charge < -0.3 is 10.2 Å². The summed E-state index contributed by atoms with van der Waals surface area (Å²) in [5.41, 5.74) is 1.41. The van der Waals surface area contributed by atoms with Crippen LogP contribution in [0.2, 0.25) is 5.02 Å². The van der Waals surface area contributed by atoms with Crippen LogP contribution in [0.5, 0.6) is 0 Å². The summed E-state index contributed by atoms with van der Waals surface area (Å²) < 4.78 is 0. The Hall–Kier alpha value is -0.570. The predicted molar refractivity (Wildman–Crippen MR) is 85.4 cm³/mol. The van der Waals surface area contributed by atoms with Crippen LogP contribution in [0.1, 0.15) is 37.2 Å². The van der Waals surface area contributed by atoms with Crippen molar-refractivity contribution in [2.24, 2.45) is 5.92 Å². The second kappa shape index (κ2) is 6.46. The molecule has 0 aromatic heterocycles. The highest BCUT2D eigenvalue weighted by molar-refractivity contribution is 6.30. The fourth-order valence-electron chi connectivity index (χ4n) is 3.42. The van der Waals surface area contributed by atoms with Crippen molar-refractivity contribution in [3.63, 3.8) is 0 Å². The van der Waals surface area contributed by atoms with Gasteiger partial charge >= 0.3 is 0 Å². The standard InChI is InChI=1S/C17H25ClN2/c1-20-7-5-13(6-8-20)12-19-17-10-15(11-17)14-3-2-4-16(18)9-14/h2-4,9,13,15,17,19H,5-8,10-12H2,1H3. The Morgan fingerprint density at radius 3 is 2.70 bits per heavy atom. The summed E-state index contributed by atoms with van der Waals surface area (Å²) >= 11 is 6.06. The van der Waals surface area contributed by atoms with Crippen molar-refractivity contribution in [3.8, 4) is 0 Å². The molecular weight excluding hydrogens is 268 g/mol. The maximum absolute atomic E-state index is 6.06. The molecule has 1 aliphatic carbocycles. The summed E-state index contributed by atoms with van der Waals surface area (Å²) in [4.78, 5) is 2.44. The molecule has 110 valence electrons. The van der Waals surface area contributed by atoms with Crippen LogP contribution in [0, 0.1) is 5.92 Å². The van der Waals surface area contributed by atoms with Gasteiger partial charge in [-0.2, -0.15) is 0 Å². The molecule has 1 heterocycles. The second-order valence-electron chi connectivity index (χ2n) is 6.58. The predicted octanol–water partition coefficient (Wildman–Crippen LogP) is 3.52. The molecule has 0 bridgehead atoms. The number of benzene rings is 1. The molecule has 3 rings (SSSR count). The van der Waals surface area contributed by atoms with Gasteiger partial charge in [-0.25, -0.2) is 0 Å². The molecule has 1 saturated heterocycles. The highest BCUT2D eigenvalue weighted by Gasteiger charge is 2.30. The van der Waals surface area contributed by atoms with E-state index < -0.39 is 0 Å². The van der Waals surface area contributed by atoms with E-state index in [-0.39, 0.29) is 0 Å². The molecule has 2 nitrogen and oxygen atoms in total. The van der Waals surface area contributed by atoms with Crippen LogP contribution in [-0.2, 0) is 0 Å². The van der Waals surface area contributed by atoms with E-state index in [1.54, 1.807) is 0 Å². The normalized spacial score (nSPS) is 28.3. The topological polar surface area (TPSA) is 15.3 Å². The van der Waals surface area contributed by atoms with Crippen LogP contribution in [0.25, 0.3) is 0 Å². The van der Waals surface area contributed by atoms with Gasteiger partial charge in [0.1, 0.15) is 0 Å². The summed E-state index contributed by atoms with van der Waals surface area (Å²) in [5.74, 6) is 1.60. The number of hydrogen-bond donors (Lipinski definition) is 1. The molecule has 2 aliphatic rings. The van der Waals surface area contributed by atoms with E-state index in [9.17, 15) is 0 Å². The minimum atomic E-state index is 0.712. The zero-order valence-electron chi connectivity index (χ0n) is 12.3. The van der Waals surface area contributed by atoms with E-state index in [1.807, 2.05) is 6.07 Å². The van der Waals surface area contributed by atoms with Crippen molar-refractivity contribution in [1.82, 2.24) is 10.2 Å². The molecule has 1 saturated carbocycles. The first-order chi connectivity index (χ1) is 9.70. The monoisotopic (exact) mass is 292 g/mol. The summed E-state index contributed by atoms with van der Waals surface area (Å²) in [5, 5.41) is 4.63. The summed E-state index contributed by atoms with van der Waals surface area (Å²) in [7, 11) is 2.23. The number of rotatable bonds is 4. The molecule has 3 heteroatoms. The number of nitrogens with one attached hydrogen (secondary N) is 1. The first-order valence-electron chi connectivity index (χ1n) is 7.88. The van der Waals surface area contributed by atoms with Crippen LogP contribution in [-0.4, -0.2) is 37.6 Å². The van der Waals surface area contributed by atoms with E-state index in [0.717, 1.165) is 17.0 Å². The highest BCUT2D eigenvalue weighted by Crippen LogP contribution is 2.37. The number of likely N-dealkylation sites (tertiary alicyclic amines) is 1. The van der Waals surface area contributed by atoms with E-state index in [4.69, 9.17) is 11.6 Å². The van der Waals surface area contributed by atoms with Gasteiger partial charge in [0.25, 0.3) is 0 Å². The highest BCUT2D eigenvalue weighted by atomic mass is 35.5. The van der Waals surface area contributed by atoms with Crippen LogP contribution in [0.3, 0.4) is 0 Å². The molecule has 1 aromatic carbocycles. The number of piperidine rings is 1. The lowest BCUT2D eigenvalue weighted by Gasteiger charge is -2.38. The summed E-state index contributed by atoms with van der Waals surface area (Å²) in [6.45, 7) is 3.74. The lowest BCUT2D eigenvalue weighted by atomic mass is 9.75. The lowest BCUT2D eigenvalue weighted by molar-refractivity contribution is 0.199. The van der Waals surface area contributed by atoms with Crippen LogP contribution < -0.4 is 5.32 Å². The number of nitrogens with zero attached hydrogens (tertiary/aromatic N) is 1. The summed E-state index contributed by atoms with van der Waals surface area (Å²) in [6, 6.07) is 9.08. The first kappa shape index (κ1) is 14.4. The molecule has 0 radical (unpaired) electrons. The fourth-order valence-corrected chi connectivity index (χ4v) is 3.62.